The molecule has 12 nitrogen and oxygen atoms in total. The van der Waals surface area contributed by atoms with Crippen LogP contribution in [0.5, 0.6) is 0 Å². The third kappa shape index (κ3) is 10.8. The minimum absolute atomic E-state index is 0.164. The average molecular weight is 515 g/mol. The Bertz CT molecular complexity index is 578. The van der Waals surface area contributed by atoms with Gasteiger partial charge in [-0.2, -0.15) is 0 Å². The second kappa shape index (κ2) is 16.7. The molecule has 0 aliphatic heterocycles. The summed E-state index contributed by atoms with van der Waals surface area (Å²) in [5.41, 5.74) is 0. The van der Waals surface area contributed by atoms with E-state index in [0.717, 1.165) is 25.7 Å². The molecular formula is C21H39O12P. The van der Waals surface area contributed by atoms with Gasteiger partial charge in [-0.3, -0.25) is 9.59 Å². The number of esters is 2. The molecule has 1 saturated carbocycles. The second-order valence-corrected chi connectivity index (χ2v) is 9.21. The van der Waals surface area contributed by atoms with Crippen LogP contribution < -0.4 is 0 Å². The number of unbranched alkanes of at least 4 members (excludes halogenated alkanes) is 4. The molecule has 1 rings (SSSR count). The number of aliphatic hydroxyl groups is 5. The van der Waals surface area contributed by atoms with Crippen LogP contribution in [0.25, 0.3) is 0 Å². The molecular weight excluding hydrogens is 475 g/mol. The van der Waals surface area contributed by atoms with Gasteiger partial charge in [-0.25, -0.2) is 0 Å². The molecule has 1 aliphatic rings. The largest absolute Gasteiger partial charge is 0.462 e. The van der Waals surface area contributed by atoms with E-state index in [1.54, 1.807) is 0 Å². The van der Waals surface area contributed by atoms with E-state index in [1.165, 1.54) is 0 Å². The summed E-state index contributed by atoms with van der Waals surface area (Å²) in [6, 6.07) is 0. The summed E-state index contributed by atoms with van der Waals surface area (Å²) in [6.07, 6.45) is -6.52. The fraction of sp³-hybridized carbons (Fsp3) is 0.905. The first-order valence-corrected chi connectivity index (χ1v) is 12.8. The SMILES string of the molecule is CCCCCC(=O)OC[C@H](COP(O)OC1[C@@H](O)[C@H](O)C(O)[C@H](O)[C@H]1O)OC(=O)CCCCC. The molecule has 0 aromatic carbocycles. The molecule has 0 radical (unpaired) electrons. The lowest BCUT2D eigenvalue weighted by molar-refractivity contribution is -0.218. The minimum atomic E-state index is -2.77. The first-order valence-electron chi connectivity index (χ1n) is 11.7. The van der Waals surface area contributed by atoms with Gasteiger partial charge in [0.2, 0.25) is 0 Å². The number of aliphatic hydroxyl groups excluding tert-OH is 5. The highest BCUT2D eigenvalue weighted by atomic mass is 31.2. The summed E-state index contributed by atoms with van der Waals surface area (Å²) in [7, 11) is -2.77. The van der Waals surface area contributed by atoms with Crippen molar-refractivity contribution in [2.75, 3.05) is 13.2 Å². The molecule has 0 bridgehead atoms. The lowest BCUT2D eigenvalue weighted by atomic mass is 9.85. The number of hydrogen-bond donors (Lipinski definition) is 6. The van der Waals surface area contributed by atoms with Crippen LogP contribution in [-0.4, -0.2) is 98.3 Å². The van der Waals surface area contributed by atoms with Crippen molar-refractivity contribution in [1.82, 2.24) is 0 Å². The third-order valence-electron chi connectivity index (χ3n) is 5.35. The Morgan fingerprint density at radius 3 is 1.79 bits per heavy atom. The molecule has 8 atom stereocenters. The quantitative estimate of drug-likeness (QED) is 0.0922. The van der Waals surface area contributed by atoms with Crippen LogP contribution >= 0.6 is 8.60 Å². The van der Waals surface area contributed by atoms with Crippen LogP contribution in [0, 0.1) is 0 Å². The highest BCUT2D eigenvalue weighted by Gasteiger charge is 2.50. The van der Waals surface area contributed by atoms with Crippen molar-refractivity contribution in [3.8, 4) is 0 Å². The topological polar surface area (TPSA) is 192 Å². The Morgan fingerprint density at radius 2 is 1.26 bits per heavy atom. The van der Waals surface area contributed by atoms with Crippen molar-refractivity contribution >= 4 is 20.5 Å². The number of ether oxygens (including phenoxy) is 2. The summed E-state index contributed by atoms with van der Waals surface area (Å²) in [4.78, 5) is 34.0. The predicted molar refractivity (Wildman–Crippen MR) is 119 cm³/mol. The zero-order valence-electron chi connectivity index (χ0n) is 19.7. The van der Waals surface area contributed by atoms with E-state index in [0.29, 0.717) is 12.8 Å². The van der Waals surface area contributed by atoms with E-state index >= 15 is 0 Å². The van der Waals surface area contributed by atoms with E-state index < -0.39 is 69.9 Å². The Morgan fingerprint density at radius 1 is 0.765 bits per heavy atom. The summed E-state index contributed by atoms with van der Waals surface area (Å²) in [6.45, 7) is 3.27. The van der Waals surface area contributed by atoms with Crippen molar-refractivity contribution in [3.63, 3.8) is 0 Å². The molecule has 6 N–H and O–H groups in total. The van der Waals surface area contributed by atoms with Gasteiger partial charge in [-0.1, -0.05) is 39.5 Å². The van der Waals surface area contributed by atoms with Crippen molar-refractivity contribution in [2.24, 2.45) is 0 Å². The van der Waals surface area contributed by atoms with Gasteiger partial charge in [0.15, 0.2) is 6.10 Å². The van der Waals surface area contributed by atoms with E-state index in [4.69, 9.17) is 18.5 Å². The smallest absolute Gasteiger partial charge is 0.330 e. The van der Waals surface area contributed by atoms with E-state index in [-0.39, 0.29) is 19.4 Å². The van der Waals surface area contributed by atoms with Gasteiger partial charge in [0.1, 0.15) is 43.2 Å². The van der Waals surface area contributed by atoms with E-state index in [2.05, 4.69) is 0 Å². The lowest BCUT2D eigenvalue weighted by Gasteiger charge is -2.41. The van der Waals surface area contributed by atoms with Crippen LogP contribution in [0.3, 0.4) is 0 Å². The standard InChI is InChI=1S/C21H39O12P/c1-3-5-7-9-14(22)30-11-13(32-15(23)10-8-6-4-2)12-31-34(29)33-21-19(27)17(25)16(24)18(26)20(21)28/h13,16-21,24-29H,3-12H2,1-2H3/t13-,16?,17-,18+,19+,20-,21?,34?/m1/s1. The number of carbonyl (C=O) groups is 2. The second-order valence-electron chi connectivity index (χ2n) is 8.27. The van der Waals surface area contributed by atoms with Crippen LogP contribution in [0.15, 0.2) is 0 Å². The van der Waals surface area contributed by atoms with Crippen LogP contribution in [0.1, 0.15) is 65.2 Å². The fourth-order valence-corrected chi connectivity index (χ4v) is 4.07. The lowest BCUT2D eigenvalue weighted by Crippen LogP contribution is -2.64. The van der Waals surface area contributed by atoms with Gasteiger partial charge in [0.05, 0.1) is 6.61 Å². The summed E-state index contributed by atoms with van der Waals surface area (Å²) in [5.74, 6) is -0.983. The Labute approximate surface area is 200 Å². The molecule has 0 aromatic rings. The molecule has 3 unspecified atom stereocenters. The Balaban J connectivity index is 2.62. The zero-order valence-corrected chi connectivity index (χ0v) is 20.6. The van der Waals surface area contributed by atoms with Gasteiger partial charge >= 0.3 is 20.5 Å². The Kier molecular flexibility index (Phi) is 15.2. The number of rotatable bonds is 16. The average Bonchev–Trinajstić information content (AvgIpc) is 2.81. The van der Waals surface area contributed by atoms with Gasteiger partial charge in [-0.15, -0.1) is 0 Å². The molecule has 0 saturated heterocycles. The van der Waals surface area contributed by atoms with Crippen LogP contribution in [0.2, 0.25) is 0 Å². The fourth-order valence-electron chi connectivity index (χ4n) is 3.26. The summed E-state index contributed by atoms with van der Waals surface area (Å²) in [5, 5.41) is 49.1. The van der Waals surface area contributed by atoms with Crippen molar-refractivity contribution in [1.29, 1.82) is 0 Å². The molecule has 0 amide bonds. The highest BCUT2D eigenvalue weighted by molar-refractivity contribution is 7.40. The van der Waals surface area contributed by atoms with Crippen LogP contribution in [-0.2, 0) is 28.1 Å². The Hall–Kier alpha value is -0.950. The molecule has 34 heavy (non-hydrogen) atoms. The molecule has 0 heterocycles. The minimum Gasteiger partial charge on any atom is -0.462 e. The van der Waals surface area contributed by atoms with Gasteiger partial charge < -0.3 is 48.9 Å². The summed E-state index contributed by atoms with van der Waals surface area (Å²) >= 11 is 0. The van der Waals surface area contributed by atoms with Gasteiger partial charge in [0, 0.05) is 12.8 Å². The molecule has 0 aromatic heterocycles. The normalized spacial score (nSPS) is 28.8. The maximum Gasteiger partial charge on any atom is 0.330 e. The van der Waals surface area contributed by atoms with Crippen molar-refractivity contribution < 1.29 is 58.5 Å². The van der Waals surface area contributed by atoms with Crippen molar-refractivity contribution in [2.45, 2.75) is 108 Å². The van der Waals surface area contributed by atoms with Crippen LogP contribution in [0.4, 0.5) is 0 Å². The molecule has 1 fully saturated rings. The maximum atomic E-state index is 12.1. The molecule has 200 valence electrons. The molecule has 0 spiro atoms. The predicted octanol–water partition coefficient (Wildman–Crippen LogP) is 0.0411. The maximum absolute atomic E-state index is 12.1. The van der Waals surface area contributed by atoms with E-state index in [9.17, 15) is 40.0 Å². The van der Waals surface area contributed by atoms with Gasteiger partial charge in [-0.05, 0) is 12.8 Å². The first-order chi connectivity index (χ1) is 16.1. The summed E-state index contributed by atoms with van der Waals surface area (Å²) < 4.78 is 20.6. The molecule has 1 aliphatic carbocycles. The first kappa shape index (κ1) is 31.1. The highest BCUT2D eigenvalue weighted by Crippen LogP contribution is 2.39. The van der Waals surface area contributed by atoms with Gasteiger partial charge in [0.25, 0.3) is 0 Å². The zero-order chi connectivity index (χ0) is 25.7. The number of hydrogen-bond acceptors (Lipinski definition) is 12. The molecule has 13 heteroatoms. The third-order valence-corrected chi connectivity index (χ3v) is 6.15. The number of carbonyl (C=O) groups excluding carboxylic acids is 2. The van der Waals surface area contributed by atoms with E-state index in [1.807, 2.05) is 13.8 Å². The van der Waals surface area contributed by atoms with Crippen molar-refractivity contribution in [3.05, 3.63) is 0 Å². The monoisotopic (exact) mass is 514 g/mol.